The Morgan fingerprint density at radius 3 is 1.83 bits per heavy atom. The van der Waals surface area contributed by atoms with E-state index >= 15 is 0 Å². The van der Waals surface area contributed by atoms with Crippen LogP contribution in [0.3, 0.4) is 0 Å². The van der Waals surface area contributed by atoms with Crippen molar-refractivity contribution in [1.82, 2.24) is 10.6 Å². The van der Waals surface area contributed by atoms with E-state index in [1.807, 2.05) is 38.1 Å². The first-order valence-electron chi connectivity index (χ1n) is 12.2. The zero-order valence-electron chi connectivity index (χ0n) is 21.4. The van der Waals surface area contributed by atoms with Crippen molar-refractivity contribution >= 4 is 17.8 Å². The number of hydrogen-bond acceptors (Lipinski definition) is 5. The summed E-state index contributed by atoms with van der Waals surface area (Å²) in [6.45, 7) is 4.33. The van der Waals surface area contributed by atoms with Gasteiger partial charge in [-0.05, 0) is 61.1 Å². The van der Waals surface area contributed by atoms with Gasteiger partial charge in [0, 0.05) is 17.7 Å². The smallest absolute Gasteiger partial charge is 0.305 e. The number of carbonyl (C=O) groups excluding carboxylic acids is 2. The van der Waals surface area contributed by atoms with Crippen molar-refractivity contribution in [1.29, 1.82) is 0 Å². The average Bonchev–Trinajstić information content (AvgIpc) is 2.92. The number of ether oxygens (including phenoxy) is 2. The Labute approximate surface area is 212 Å². The van der Waals surface area contributed by atoms with Gasteiger partial charge < -0.3 is 25.2 Å². The third-order valence-electron chi connectivity index (χ3n) is 5.83. The van der Waals surface area contributed by atoms with Crippen LogP contribution in [0.25, 0.3) is 0 Å². The molecule has 0 radical (unpaired) electrons. The summed E-state index contributed by atoms with van der Waals surface area (Å²) in [4.78, 5) is 37.5. The van der Waals surface area contributed by atoms with Crippen molar-refractivity contribution < 1.29 is 29.0 Å². The molecule has 3 rings (SSSR count). The summed E-state index contributed by atoms with van der Waals surface area (Å²) in [6, 6.07) is 13.5. The van der Waals surface area contributed by atoms with E-state index in [0.29, 0.717) is 41.8 Å². The van der Waals surface area contributed by atoms with E-state index in [1.54, 1.807) is 38.5 Å². The lowest BCUT2D eigenvalue weighted by Gasteiger charge is -2.23. The molecular weight excluding hydrogens is 460 g/mol. The second kappa shape index (κ2) is 14.6. The first-order valence-corrected chi connectivity index (χ1v) is 12.2. The maximum absolute atomic E-state index is 13.2. The fourth-order valence-electron chi connectivity index (χ4n) is 3.95. The number of rotatable bonds is 10. The summed E-state index contributed by atoms with van der Waals surface area (Å²) < 4.78 is 10.3. The number of benzene rings is 2. The second-order valence-electron chi connectivity index (χ2n) is 8.09. The van der Waals surface area contributed by atoms with Crippen LogP contribution in [0.15, 0.2) is 59.7 Å². The van der Waals surface area contributed by atoms with Crippen molar-refractivity contribution in [3.63, 3.8) is 0 Å². The third kappa shape index (κ3) is 8.15. The minimum atomic E-state index is -1.03. The van der Waals surface area contributed by atoms with Gasteiger partial charge in [0.1, 0.15) is 11.5 Å². The van der Waals surface area contributed by atoms with Gasteiger partial charge in [-0.25, -0.2) is 0 Å². The minimum Gasteiger partial charge on any atom is -0.497 e. The average molecular weight is 497 g/mol. The fraction of sp³-hybridized carbons (Fsp3) is 0.393. The van der Waals surface area contributed by atoms with Gasteiger partial charge in [-0.15, -0.1) is 0 Å². The lowest BCUT2D eigenvalue weighted by atomic mass is 9.90. The summed E-state index contributed by atoms with van der Waals surface area (Å²) >= 11 is 0. The molecule has 0 saturated carbocycles. The highest BCUT2D eigenvalue weighted by molar-refractivity contribution is 6.05. The summed E-state index contributed by atoms with van der Waals surface area (Å²) in [5.41, 5.74) is 2.44. The van der Waals surface area contributed by atoms with Crippen LogP contribution in [-0.4, -0.2) is 37.1 Å². The lowest BCUT2D eigenvalue weighted by Crippen LogP contribution is -2.35. The van der Waals surface area contributed by atoms with Gasteiger partial charge in [-0.1, -0.05) is 38.1 Å². The summed E-state index contributed by atoms with van der Waals surface area (Å²) in [7, 11) is 3.14. The van der Waals surface area contributed by atoms with Gasteiger partial charge in [-0.3, -0.25) is 14.4 Å². The predicted octanol–water partition coefficient (Wildman–Crippen LogP) is 4.55. The van der Waals surface area contributed by atoms with E-state index in [4.69, 9.17) is 9.47 Å². The molecule has 0 aliphatic heterocycles. The molecule has 0 bridgehead atoms. The molecule has 0 aromatic heterocycles. The molecule has 0 spiro atoms. The van der Waals surface area contributed by atoms with Gasteiger partial charge in [0.25, 0.3) is 0 Å². The first-order chi connectivity index (χ1) is 17.4. The number of aliphatic carboxylic acids is 1. The van der Waals surface area contributed by atoms with Crippen LogP contribution in [0.5, 0.6) is 11.5 Å². The first kappa shape index (κ1) is 28.4. The minimum absolute atomic E-state index is 0.273. The van der Waals surface area contributed by atoms with Gasteiger partial charge in [0.05, 0.1) is 26.7 Å². The van der Waals surface area contributed by atoms with E-state index in [1.165, 1.54) is 0 Å². The molecule has 194 valence electrons. The number of methoxy groups -OCH3 is 2. The summed E-state index contributed by atoms with van der Waals surface area (Å²) in [6.07, 6.45) is 2.32. The Morgan fingerprint density at radius 2 is 1.33 bits per heavy atom. The molecule has 0 saturated heterocycles. The highest BCUT2D eigenvalue weighted by atomic mass is 16.5. The zero-order chi connectivity index (χ0) is 26.5. The van der Waals surface area contributed by atoms with E-state index < -0.39 is 17.9 Å². The predicted molar refractivity (Wildman–Crippen MR) is 138 cm³/mol. The topological polar surface area (TPSA) is 114 Å². The molecule has 2 amide bonds. The number of hydrogen-bond donors (Lipinski definition) is 3. The highest BCUT2D eigenvalue weighted by Crippen LogP contribution is 2.27. The Kier molecular flexibility index (Phi) is 11.5. The largest absolute Gasteiger partial charge is 0.497 e. The molecule has 36 heavy (non-hydrogen) atoms. The molecule has 1 aliphatic carbocycles. The van der Waals surface area contributed by atoms with Crippen LogP contribution in [0, 0.1) is 0 Å². The number of carboxylic acids is 1. The van der Waals surface area contributed by atoms with Gasteiger partial charge in [0.15, 0.2) is 0 Å². The van der Waals surface area contributed by atoms with E-state index in [-0.39, 0.29) is 12.3 Å². The van der Waals surface area contributed by atoms with Crippen molar-refractivity contribution in [3.8, 4) is 11.5 Å². The van der Waals surface area contributed by atoms with Crippen LogP contribution in [-0.2, 0) is 20.9 Å². The second-order valence-corrected chi connectivity index (χ2v) is 8.09. The Hall–Kier alpha value is -3.81. The zero-order valence-corrected chi connectivity index (χ0v) is 21.4. The molecule has 3 N–H and O–H groups in total. The molecule has 8 heteroatoms. The fourth-order valence-corrected chi connectivity index (χ4v) is 3.95. The molecule has 0 fully saturated rings. The summed E-state index contributed by atoms with van der Waals surface area (Å²) in [5, 5.41) is 15.1. The van der Waals surface area contributed by atoms with E-state index in [9.17, 15) is 19.5 Å². The van der Waals surface area contributed by atoms with Crippen molar-refractivity contribution in [2.45, 2.75) is 58.5 Å². The SMILES string of the molecule is CC.COc1ccc(CNC(=O)C2=C(C(=O)N[C@@H](CC(=O)O)c3ccc(OC)cc3)CCCC2)cc1. The Morgan fingerprint density at radius 1 is 0.833 bits per heavy atom. The number of carbonyl (C=O) groups is 3. The van der Waals surface area contributed by atoms with Gasteiger partial charge in [-0.2, -0.15) is 0 Å². The molecule has 2 aromatic rings. The molecule has 0 heterocycles. The molecule has 0 unspecified atom stereocenters. The molecular formula is C28H36N2O6. The molecule has 1 aliphatic rings. The van der Waals surface area contributed by atoms with Crippen molar-refractivity contribution in [2.75, 3.05) is 14.2 Å². The third-order valence-corrected chi connectivity index (χ3v) is 5.83. The van der Waals surface area contributed by atoms with Crippen molar-refractivity contribution in [3.05, 3.63) is 70.8 Å². The lowest BCUT2D eigenvalue weighted by molar-refractivity contribution is -0.137. The maximum atomic E-state index is 13.2. The number of nitrogens with one attached hydrogen (secondary N) is 2. The van der Waals surface area contributed by atoms with Crippen LogP contribution in [0.1, 0.15) is 63.1 Å². The molecule has 8 nitrogen and oxygen atoms in total. The van der Waals surface area contributed by atoms with Crippen LogP contribution in [0.2, 0.25) is 0 Å². The molecule has 2 aromatic carbocycles. The number of carboxylic acid groups (broad SMARTS) is 1. The van der Waals surface area contributed by atoms with Gasteiger partial charge >= 0.3 is 5.97 Å². The number of amides is 2. The monoisotopic (exact) mass is 496 g/mol. The van der Waals surface area contributed by atoms with Crippen LogP contribution >= 0.6 is 0 Å². The van der Waals surface area contributed by atoms with Crippen LogP contribution in [0.4, 0.5) is 0 Å². The normalized spacial score (nSPS) is 13.6. The standard InChI is InChI=1S/C26H30N2O6.C2H6/c1-33-19-11-7-17(8-12-19)16-27-25(31)21-5-3-4-6-22(21)26(32)28-23(15-24(29)30)18-9-13-20(34-2)14-10-18;1-2/h7-14,23H,3-6,15-16H2,1-2H3,(H,27,31)(H,28,32)(H,29,30);1-2H3/t23-;/m0./s1. The van der Waals surface area contributed by atoms with Crippen molar-refractivity contribution in [2.24, 2.45) is 0 Å². The van der Waals surface area contributed by atoms with E-state index in [2.05, 4.69) is 10.6 Å². The van der Waals surface area contributed by atoms with E-state index in [0.717, 1.165) is 24.2 Å². The highest BCUT2D eigenvalue weighted by Gasteiger charge is 2.26. The molecule has 1 atom stereocenters. The Balaban J connectivity index is 0.00000222. The van der Waals surface area contributed by atoms with Gasteiger partial charge in [0.2, 0.25) is 11.8 Å². The van der Waals surface area contributed by atoms with Crippen LogP contribution < -0.4 is 20.1 Å². The summed E-state index contributed by atoms with van der Waals surface area (Å²) in [5.74, 6) is -0.348. The Bertz CT molecular complexity index is 1040. The quantitative estimate of drug-likeness (QED) is 0.445. The maximum Gasteiger partial charge on any atom is 0.305 e.